The van der Waals surface area contributed by atoms with Crippen molar-refractivity contribution >= 4 is 28.5 Å². The molecule has 0 saturated heterocycles. The van der Waals surface area contributed by atoms with Crippen LogP contribution in [0.25, 0.3) is 11.1 Å². The van der Waals surface area contributed by atoms with E-state index in [-0.39, 0.29) is 16.8 Å². The molecule has 3 aromatic carbocycles. The van der Waals surface area contributed by atoms with E-state index in [2.05, 4.69) is 0 Å². The van der Waals surface area contributed by atoms with Gasteiger partial charge in [-0.3, -0.25) is 19.7 Å². The van der Waals surface area contributed by atoms with Crippen LogP contribution in [0.4, 0.5) is 5.69 Å². The van der Waals surface area contributed by atoms with Gasteiger partial charge in [-0.2, -0.15) is 0 Å². The first-order chi connectivity index (χ1) is 14.5. The standard InChI is InChI=1S/C23H19NO5S/c1-2-3-22(25)29-20-12-8-17(9-13-20)16-4-6-18(7-5-16)23(26)30-21-14-10-19(11-15-21)24(27)28/h4-15H,2-3H2,1H3. The summed E-state index contributed by atoms with van der Waals surface area (Å²) in [7, 11) is 0. The van der Waals surface area contributed by atoms with Crippen molar-refractivity contribution in [2.45, 2.75) is 24.7 Å². The fourth-order valence-electron chi connectivity index (χ4n) is 2.70. The molecule has 0 N–H and O–H groups in total. The third kappa shape index (κ3) is 5.55. The number of rotatable bonds is 7. The number of benzene rings is 3. The molecule has 0 aliphatic rings. The molecule has 6 nitrogen and oxygen atoms in total. The van der Waals surface area contributed by atoms with Crippen LogP contribution in [-0.2, 0) is 4.79 Å². The van der Waals surface area contributed by atoms with Crippen molar-refractivity contribution in [1.82, 2.24) is 0 Å². The van der Waals surface area contributed by atoms with Gasteiger partial charge in [-0.15, -0.1) is 0 Å². The highest BCUT2D eigenvalue weighted by molar-refractivity contribution is 8.14. The van der Waals surface area contributed by atoms with E-state index in [0.29, 0.717) is 22.6 Å². The number of carbonyl (C=O) groups is 2. The van der Waals surface area contributed by atoms with E-state index in [1.54, 1.807) is 36.4 Å². The fraction of sp³-hybridized carbons (Fsp3) is 0.130. The minimum Gasteiger partial charge on any atom is -0.427 e. The number of nitro groups is 1. The fourth-order valence-corrected chi connectivity index (χ4v) is 3.44. The Labute approximate surface area is 178 Å². The number of nitro benzene ring substituents is 1. The zero-order valence-corrected chi connectivity index (χ0v) is 17.1. The molecule has 3 rings (SSSR count). The summed E-state index contributed by atoms with van der Waals surface area (Å²) >= 11 is 1.02. The lowest BCUT2D eigenvalue weighted by molar-refractivity contribution is -0.384. The van der Waals surface area contributed by atoms with E-state index < -0.39 is 4.92 Å². The quantitative estimate of drug-likeness (QED) is 0.155. The van der Waals surface area contributed by atoms with Crippen LogP contribution in [0.3, 0.4) is 0 Å². The normalized spacial score (nSPS) is 10.4. The second-order valence-corrected chi connectivity index (χ2v) is 7.51. The van der Waals surface area contributed by atoms with Gasteiger partial charge in [0.25, 0.3) is 5.69 Å². The summed E-state index contributed by atoms with van der Waals surface area (Å²) in [5, 5.41) is 10.6. The number of hydrogen-bond donors (Lipinski definition) is 0. The third-order valence-electron chi connectivity index (χ3n) is 4.25. The number of nitrogens with zero attached hydrogens (tertiary/aromatic N) is 1. The molecule has 0 fully saturated rings. The molecule has 0 aliphatic carbocycles. The van der Waals surface area contributed by atoms with Crippen molar-refractivity contribution in [3.8, 4) is 16.9 Å². The number of carbonyl (C=O) groups excluding carboxylic acids is 2. The molecule has 0 saturated carbocycles. The van der Waals surface area contributed by atoms with Crippen molar-refractivity contribution in [3.05, 3.63) is 88.5 Å². The van der Waals surface area contributed by atoms with Crippen LogP contribution >= 0.6 is 11.8 Å². The van der Waals surface area contributed by atoms with Gasteiger partial charge in [0.2, 0.25) is 5.12 Å². The van der Waals surface area contributed by atoms with Gasteiger partial charge in [0, 0.05) is 29.0 Å². The molecule has 3 aromatic rings. The summed E-state index contributed by atoms with van der Waals surface area (Å²) in [5.74, 6) is 0.252. The Morgan fingerprint density at radius 2 is 1.47 bits per heavy atom. The van der Waals surface area contributed by atoms with Gasteiger partial charge in [0.15, 0.2) is 0 Å². The Bertz CT molecular complexity index is 1040. The Morgan fingerprint density at radius 1 is 0.900 bits per heavy atom. The van der Waals surface area contributed by atoms with Crippen molar-refractivity contribution in [3.63, 3.8) is 0 Å². The summed E-state index contributed by atoms with van der Waals surface area (Å²) in [6.45, 7) is 1.92. The number of ether oxygens (including phenoxy) is 1. The zero-order valence-electron chi connectivity index (χ0n) is 16.2. The van der Waals surface area contributed by atoms with Crippen molar-refractivity contribution in [1.29, 1.82) is 0 Å². The molecule has 0 radical (unpaired) electrons. The molecule has 0 aromatic heterocycles. The lowest BCUT2D eigenvalue weighted by atomic mass is 10.0. The van der Waals surface area contributed by atoms with Gasteiger partial charge < -0.3 is 4.74 Å². The topological polar surface area (TPSA) is 86.5 Å². The number of hydrogen-bond acceptors (Lipinski definition) is 6. The van der Waals surface area contributed by atoms with Crippen LogP contribution in [0.15, 0.2) is 77.7 Å². The Morgan fingerprint density at radius 3 is 2.00 bits per heavy atom. The molecule has 30 heavy (non-hydrogen) atoms. The van der Waals surface area contributed by atoms with Crippen LogP contribution in [0.5, 0.6) is 5.75 Å². The minimum atomic E-state index is -0.475. The molecule has 152 valence electrons. The highest BCUT2D eigenvalue weighted by atomic mass is 32.2. The second-order valence-electron chi connectivity index (χ2n) is 6.47. The molecular formula is C23H19NO5S. The predicted octanol–water partition coefficient (Wildman–Crippen LogP) is 5.90. The summed E-state index contributed by atoms with van der Waals surface area (Å²) in [6, 6.07) is 20.3. The van der Waals surface area contributed by atoms with Crippen LogP contribution in [-0.4, -0.2) is 16.0 Å². The van der Waals surface area contributed by atoms with Gasteiger partial charge in [0.1, 0.15) is 5.75 Å². The molecule has 0 bridgehead atoms. The SMILES string of the molecule is CCCC(=O)Oc1ccc(-c2ccc(C(=O)Sc3ccc([N+](=O)[O-])cc3)cc2)cc1. The van der Waals surface area contributed by atoms with Crippen molar-refractivity contribution in [2.75, 3.05) is 0 Å². The largest absolute Gasteiger partial charge is 0.427 e. The number of esters is 1. The predicted molar refractivity (Wildman–Crippen MR) is 116 cm³/mol. The Hall–Kier alpha value is -3.45. The van der Waals surface area contributed by atoms with Gasteiger partial charge in [-0.1, -0.05) is 31.2 Å². The average molecular weight is 421 g/mol. The van der Waals surface area contributed by atoms with Gasteiger partial charge in [0.05, 0.1) is 4.92 Å². The van der Waals surface area contributed by atoms with Gasteiger partial charge in [-0.05, 0) is 65.7 Å². The molecular weight excluding hydrogens is 402 g/mol. The van der Waals surface area contributed by atoms with Crippen LogP contribution in [0, 0.1) is 10.1 Å². The molecule has 0 spiro atoms. The molecule has 0 aliphatic heterocycles. The lowest BCUT2D eigenvalue weighted by Crippen LogP contribution is -2.06. The highest BCUT2D eigenvalue weighted by Crippen LogP contribution is 2.27. The second kappa shape index (κ2) is 9.84. The summed E-state index contributed by atoms with van der Waals surface area (Å²) in [5.41, 5.74) is 2.39. The first kappa shape index (κ1) is 21.3. The van der Waals surface area contributed by atoms with Crippen LogP contribution < -0.4 is 4.74 Å². The van der Waals surface area contributed by atoms with E-state index >= 15 is 0 Å². The minimum absolute atomic E-state index is 0.0118. The van der Waals surface area contributed by atoms with Crippen LogP contribution in [0.1, 0.15) is 30.1 Å². The molecule has 7 heteroatoms. The molecule has 0 amide bonds. The maximum absolute atomic E-state index is 12.5. The maximum Gasteiger partial charge on any atom is 0.311 e. The van der Waals surface area contributed by atoms with Gasteiger partial charge in [-0.25, -0.2) is 0 Å². The molecule has 0 atom stereocenters. The highest BCUT2D eigenvalue weighted by Gasteiger charge is 2.11. The van der Waals surface area contributed by atoms with Crippen LogP contribution in [0.2, 0.25) is 0 Å². The summed E-state index contributed by atoms with van der Waals surface area (Å²) < 4.78 is 5.25. The number of thioether (sulfide) groups is 1. The number of non-ortho nitro benzene ring substituents is 1. The average Bonchev–Trinajstić information content (AvgIpc) is 2.75. The Kier molecular flexibility index (Phi) is 6.98. The zero-order chi connectivity index (χ0) is 21.5. The monoisotopic (exact) mass is 421 g/mol. The first-order valence-corrected chi connectivity index (χ1v) is 10.2. The van der Waals surface area contributed by atoms with E-state index in [9.17, 15) is 19.7 Å². The van der Waals surface area contributed by atoms with E-state index in [4.69, 9.17) is 4.74 Å². The molecule has 0 unspecified atom stereocenters. The molecule has 0 heterocycles. The Balaban J connectivity index is 1.64. The van der Waals surface area contributed by atoms with E-state index in [0.717, 1.165) is 29.3 Å². The summed E-state index contributed by atoms with van der Waals surface area (Å²) in [6.07, 6.45) is 1.12. The first-order valence-electron chi connectivity index (χ1n) is 9.34. The van der Waals surface area contributed by atoms with E-state index in [1.165, 1.54) is 12.1 Å². The lowest BCUT2D eigenvalue weighted by Gasteiger charge is -2.07. The van der Waals surface area contributed by atoms with Gasteiger partial charge >= 0.3 is 5.97 Å². The maximum atomic E-state index is 12.5. The van der Waals surface area contributed by atoms with Crippen molar-refractivity contribution in [2.24, 2.45) is 0 Å². The van der Waals surface area contributed by atoms with Crippen molar-refractivity contribution < 1.29 is 19.2 Å². The summed E-state index contributed by atoms with van der Waals surface area (Å²) in [4.78, 5) is 34.9. The smallest absolute Gasteiger partial charge is 0.311 e. The third-order valence-corrected chi connectivity index (χ3v) is 5.18. The van der Waals surface area contributed by atoms with E-state index in [1.807, 2.05) is 31.2 Å².